The Kier molecular flexibility index (Phi) is 7.87. The molecule has 28 heavy (non-hydrogen) atoms. The van der Waals surface area contributed by atoms with E-state index in [1.54, 1.807) is 7.11 Å². The summed E-state index contributed by atoms with van der Waals surface area (Å²) in [6.45, 7) is 9.01. The van der Waals surface area contributed by atoms with Crippen molar-refractivity contribution in [3.63, 3.8) is 0 Å². The van der Waals surface area contributed by atoms with Crippen LogP contribution in [0.5, 0.6) is 5.75 Å². The third-order valence-electron chi connectivity index (χ3n) is 4.93. The predicted octanol–water partition coefficient (Wildman–Crippen LogP) is 2.94. The second-order valence-electron chi connectivity index (χ2n) is 8.41. The number of methoxy groups -OCH3 is 1. The molecule has 0 aliphatic carbocycles. The minimum absolute atomic E-state index is 0.00842. The summed E-state index contributed by atoms with van der Waals surface area (Å²) >= 11 is 0. The second kappa shape index (κ2) is 9.92. The molecule has 1 heterocycles. The average Bonchev–Trinajstić information content (AvgIpc) is 3.06. The molecule has 0 saturated carbocycles. The SMILES string of the molecule is COc1ccc(CC(NC(=O)CCOC(C)(C)C)C(=O)N2CCCC2C)cc1. The maximum Gasteiger partial charge on any atom is 0.245 e. The fraction of sp³-hybridized carbons (Fsp3) is 0.636. The van der Waals surface area contributed by atoms with Crippen LogP contribution in [-0.4, -0.2) is 54.7 Å². The molecule has 1 aromatic carbocycles. The van der Waals surface area contributed by atoms with Gasteiger partial charge in [0.05, 0.1) is 25.7 Å². The van der Waals surface area contributed by atoms with Crippen molar-refractivity contribution in [2.45, 2.75) is 71.1 Å². The lowest BCUT2D eigenvalue weighted by molar-refractivity contribution is -0.137. The van der Waals surface area contributed by atoms with E-state index in [0.717, 1.165) is 30.7 Å². The van der Waals surface area contributed by atoms with Gasteiger partial charge in [-0.3, -0.25) is 9.59 Å². The minimum atomic E-state index is -0.573. The third-order valence-corrected chi connectivity index (χ3v) is 4.93. The largest absolute Gasteiger partial charge is 0.497 e. The molecule has 1 N–H and O–H groups in total. The summed E-state index contributed by atoms with van der Waals surface area (Å²) in [5.74, 6) is 0.594. The Balaban J connectivity index is 2.04. The topological polar surface area (TPSA) is 67.9 Å². The molecule has 6 nitrogen and oxygen atoms in total. The summed E-state index contributed by atoms with van der Waals surface area (Å²) in [7, 11) is 1.62. The average molecular weight is 391 g/mol. The number of nitrogens with zero attached hydrogens (tertiary/aromatic N) is 1. The van der Waals surface area contributed by atoms with Gasteiger partial charge in [0.1, 0.15) is 11.8 Å². The Morgan fingerprint density at radius 2 is 1.93 bits per heavy atom. The first-order valence-electron chi connectivity index (χ1n) is 10.1. The maximum absolute atomic E-state index is 13.1. The number of hydrogen-bond acceptors (Lipinski definition) is 4. The Hall–Kier alpha value is -2.08. The molecule has 2 atom stereocenters. The van der Waals surface area contributed by atoms with Crippen LogP contribution in [0.3, 0.4) is 0 Å². The fourth-order valence-corrected chi connectivity index (χ4v) is 3.37. The summed E-state index contributed by atoms with van der Waals surface area (Å²) in [4.78, 5) is 27.4. The maximum atomic E-state index is 13.1. The van der Waals surface area contributed by atoms with Gasteiger partial charge < -0.3 is 19.7 Å². The van der Waals surface area contributed by atoms with Crippen molar-refractivity contribution in [1.82, 2.24) is 10.2 Å². The van der Waals surface area contributed by atoms with E-state index in [1.807, 2.05) is 49.9 Å². The lowest BCUT2D eigenvalue weighted by Gasteiger charge is -2.28. The van der Waals surface area contributed by atoms with E-state index in [0.29, 0.717) is 13.0 Å². The molecule has 0 bridgehead atoms. The highest BCUT2D eigenvalue weighted by atomic mass is 16.5. The first-order chi connectivity index (χ1) is 13.2. The molecule has 1 aliphatic rings. The predicted molar refractivity (Wildman–Crippen MR) is 109 cm³/mol. The van der Waals surface area contributed by atoms with Crippen LogP contribution in [0.1, 0.15) is 52.5 Å². The van der Waals surface area contributed by atoms with Crippen molar-refractivity contribution in [1.29, 1.82) is 0 Å². The third kappa shape index (κ3) is 6.82. The summed E-state index contributed by atoms with van der Waals surface area (Å²) in [6, 6.07) is 7.24. The number of amides is 2. The summed E-state index contributed by atoms with van der Waals surface area (Å²) in [6.07, 6.45) is 2.71. The van der Waals surface area contributed by atoms with Gasteiger partial charge >= 0.3 is 0 Å². The highest BCUT2D eigenvalue weighted by Crippen LogP contribution is 2.19. The van der Waals surface area contributed by atoms with Crippen LogP contribution in [0.4, 0.5) is 0 Å². The zero-order valence-corrected chi connectivity index (χ0v) is 17.8. The number of carbonyl (C=O) groups excluding carboxylic acids is 2. The highest BCUT2D eigenvalue weighted by molar-refractivity contribution is 5.88. The number of carbonyl (C=O) groups is 2. The fourth-order valence-electron chi connectivity index (χ4n) is 3.37. The molecule has 1 saturated heterocycles. The zero-order chi connectivity index (χ0) is 20.7. The van der Waals surface area contributed by atoms with Gasteiger partial charge in [-0.25, -0.2) is 0 Å². The molecule has 1 aliphatic heterocycles. The van der Waals surface area contributed by atoms with Gasteiger partial charge in [-0.2, -0.15) is 0 Å². The van der Waals surface area contributed by atoms with Crippen LogP contribution in [0.15, 0.2) is 24.3 Å². The Bertz CT molecular complexity index is 651. The van der Waals surface area contributed by atoms with E-state index in [-0.39, 0.29) is 29.9 Å². The molecule has 1 fully saturated rings. The molecule has 6 heteroatoms. The Morgan fingerprint density at radius 1 is 1.25 bits per heavy atom. The number of ether oxygens (including phenoxy) is 2. The first kappa shape index (κ1) is 22.2. The molecule has 2 rings (SSSR count). The number of nitrogens with one attached hydrogen (secondary N) is 1. The Morgan fingerprint density at radius 3 is 2.46 bits per heavy atom. The standard InChI is InChI=1S/C22H34N2O4/c1-16-7-6-13-24(16)21(26)19(15-17-8-10-18(27-5)11-9-17)23-20(25)12-14-28-22(2,3)4/h8-11,16,19H,6-7,12-15H2,1-5H3,(H,23,25). The van der Waals surface area contributed by atoms with Gasteiger partial charge in [-0.05, 0) is 58.2 Å². The Labute approximate surface area is 168 Å². The zero-order valence-electron chi connectivity index (χ0n) is 17.8. The molecule has 0 aromatic heterocycles. The van der Waals surface area contributed by atoms with E-state index in [2.05, 4.69) is 12.2 Å². The van der Waals surface area contributed by atoms with Crippen molar-refractivity contribution < 1.29 is 19.1 Å². The van der Waals surface area contributed by atoms with Crippen molar-refractivity contribution in [3.05, 3.63) is 29.8 Å². The molecular weight excluding hydrogens is 356 g/mol. The smallest absolute Gasteiger partial charge is 0.245 e. The molecule has 0 spiro atoms. The quantitative estimate of drug-likeness (QED) is 0.741. The molecule has 156 valence electrons. The minimum Gasteiger partial charge on any atom is -0.497 e. The monoisotopic (exact) mass is 390 g/mol. The number of likely N-dealkylation sites (tertiary alicyclic amines) is 1. The van der Waals surface area contributed by atoms with Gasteiger partial charge in [0.2, 0.25) is 11.8 Å². The van der Waals surface area contributed by atoms with Crippen molar-refractivity contribution in [2.75, 3.05) is 20.3 Å². The number of benzene rings is 1. The lowest BCUT2D eigenvalue weighted by atomic mass is 10.0. The van der Waals surface area contributed by atoms with E-state index < -0.39 is 6.04 Å². The van der Waals surface area contributed by atoms with Crippen molar-refractivity contribution in [2.24, 2.45) is 0 Å². The van der Waals surface area contributed by atoms with Crippen LogP contribution in [0.25, 0.3) is 0 Å². The van der Waals surface area contributed by atoms with Crippen molar-refractivity contribution >= 4 is 11.8 Å². The van der Waals surface area contributed by atoms with Gasteiger partial charge in [0, 0.05) is 19.0 Å². The first-order valence-corrected chi connectivity index (χ1v) is 10.1. The van der Waals surface area contributed by atoms with Crippen LogP contribution < -0.4 is 10.1 Å². The summed E-state index contributed by atoms with van der Waals surface area (Å²) < 4.78 is 10.8. The van der Waals surface area contributed by atoms with Crippen molar-refractivity contribution in [3.8, 4) is 5.75 Å². The highest BCUT2D eigenvalue weighted by Gasteiger charge is 2.31. The number of rotatable bonds is 8. The van der Waals surface area contributed by atoms with E-state index in [9.17, 15) is 9.59 Å². The second-order valence-corrected chi connectivity index (χ2v) is 8.41. The van der Waals surface area contributed by atoms with Gasteiger partial charge in [-0.15, -0.1) is 0 Å². The molecule has 2 unspecified atom stereocenters. The van der Waals surface area contributed by atoms with Crippen LogP contribution in [-0.2, 0) is 20.7 Å². The van der Waals surface area contributed by atoms with E-state index in [1.165, 1.54) is 0 Å². The normalized spacial score (nSPS) is 18.0. The molecule has 1 aromatic rings. The van der Waals surface area contributed by atoms with E-state index in [4.69, 9.17) is 9.47 Å². The van der Waals surface area contributed by atoms with Gasteiger partial charge in [0.25, 0.3) is 0 Å². The van der Waals surface area contributed by atoms with Crippen LogP contribution in [0, 0.1) is 0 Å². The molecular formula is C22H34N2O4. The summed E-state index contributed by atoms with van der Waals surface area (Å²) in [5, 5.41) is 2.94. The van der Waals surface area contributed by atoms with Gasteiger partial charge in [-0.1, -0.05) is 12.1 Å². The molecule has 2 amide bonds. The number of hydrogen-bond donors (Lipinski definition) is 1. The van der Waals surface area contributed by atoms with Crippen LogP contribution >= 0.6 is 0 Å². The van der Waals surface area contributed by atoms with Crippen LogP contribution in [0.2, 0.25) is 0 Å². The van der Waals surface area contributed by atoms with Gasteiger partial charge in [0.15, 0.2) is 0 Å². The van der Waals surface area contributed by atoms with E-state index >= 15 is 0 Å². The summed E-state index contributed by atoms with van der Waals surface area (Å²) in [5.41, 5.74) is 0.695. The molecule has 0 radical (unpaired) electrons. The lowest BCUT2D eigenvalue weighted by Crippen LogP contribution is -2.50.